The number of anilines is 8. The smallest absolute Gasteiger partial charge is 0.511 e. The second kappa shape index (κ2) is 63.9. The molecule has 9 aliphatic heterocycles. The number of rotatable bonds is 11. The summed E-state index contributed by atoms with van der Waals surface area (Å²) in [4.78, 5) is 68.5. The summed E-state index contributed by atoms with van der Waals surface area (Å²) in [7, 11) is 12.2. The molecule has 9 aliphatic rings. The number of hydrogen-bond donors (Lipinski definition) is 0. The normalized spacial score (nSPS) is 13.8. The summed E-state index contributed by atoms with van der Waals surface area (Å²) in [6.07, 6.45) is 40.5. The van der Waals surface area contributed by atoms with Gasteiger partial charge in [0.05, 0.1) is 86.1 Å². The van der Waals surface area contributed by atoms with Gasteiger partial charge < -0.3 is 78.4 Å². The van der Waals surface area contributed by atoms with E-state index in [1.807, 2.05) is 319 Å². The molecule has 0 atom stereocenters. The van der Waals surface area contributed by atoms with Crippen LogP contribution in [0.2, 0.25) is 0 Å². The van der Waals surface area contributed by atoms with Crippen LogP contribution in [0, 0.1) is 84.4 Å². The number of hydrogen-bond acceptors (Lipinski definition) is 24. The molecule has 764 valence electrons. The molecule has 146 heavy (non-hydrogen) atoms. The predicted molar refractivity (Wildman–Crippen MR) is 573 cm³/mol. The van der Waals surface area contributed by atoms with E-state index in [1.54, 1.807) is 24.8 Å². The Kier molecular flexibility index (Phi) is 51.7. The molecule has 14 aromatic rings. The molecule has 24 nitrogen and oxygen atoms in total. The van der Waals surface area contributed by atoms with E-state index in [9.17, 15) is 0 Å². The molecule has 8 aromatic heterocycles. The fourth-order valence-electron chi connectivity index (χ4n) is 14.8. The van der Waals surface area contributed by atoms with Gasteiger partial charge in [0.1, 0.15) is 11.6 Å². The average molecular weight is 2660 g/mol. The maximum absolute atomic E-state index is 4.82. The van der Waals surface area contributed by atoms with Gasteiger partial charge in [-0.3, -0.25) is 34.9 Å². The fourth-order valence-corrected chi connectivity index (χ4v) is 14.8. The Balaban J connectivity index is 0.000000202. The minimum absolute atomic E-state index is 0. The second-order valence-electron chi connectivity index (χ2n) is 33.3. The molecule has 0 unspecified atom stereocenters. The SMILES string of the molecule is C1=CN2[CH-]N1Cc1cccc(n1)CN1C=CN([CH-]1)Cc1cccc(n1)C2.CCC.CN1C=CN(Cc2[c-]c(CN3C=CN(C)[CH-]3)ccc2)[CH-]1.CN1C=CN(c2cccc(N3C=CN(C)[CH-]3)n2)[CH-]1.CN1[CH-]N(c2[c-]cccc2)c2ccccc21.CN1[CH-]N(c2[c-]cccc2)c2ccccc21.C[CH+]C.C[CH+]C.[Ir].[Ir].[Pd+2].[Pt].[Rh+3].c1ccc(-c2ccccn2)nc1.c1ccc(-c2ccccn2)nc1.c1ccc(-c2ccncc2)cc1. The van der Waals surface area contributed by atoms with Crippen LogP contribution in [0.5, 0.6) is 0 Å². The zero-order valence-electron chi connectivity index (χ0n) is 84.1. The minimum Gasteiger partial charge on any atom is -0.511 e. The van der Waals surface area contributed by atoms with Crippen LogP contribution >= 0.6 is 0 Å². The Hall–Kier alpha value is -13.2. The molecule has 0 saturated heterocycles. The Bertz CT molecular complexity index is 5600. The molecule has 0 spiro atoms. The Morgan fingerprint density at radius 2 is 0.623 bits per heavy atom. The van der Waals surface area contributed by atoms with E-state index >= 15 is 0 Å². The molecular formula is C117H125Ir2N24PdPtRh-4. The van der Waals surface area contributed by atoms with Crippen LogP contribution in [0.4, 0.5) is 45.8 Å². The third kappa shape index (κ3) is 37.4. The van der Waals surface area contributed by atoms with Crippen molar-refractivity contribution >= 4 is 45.8 Å². The van der Waals surface area contributed by atoms with Crippen molar-refractivity contribution in [3.8, 4) is 33.9 Å². The van der Waals surface area contributed by atoms with E-state index in [-0.39, 0.29) is 101 Å². The fraction of sp³-hybridized carbons (Fsp3) is 0.162. The van der Waals surface area contributed by atoms with Crippen molar-refractivity contribution < 1.29 is 101 Å². The Labute approximate surface area is 935 Å². The summed E-state index contributed by atoms with van der Waals surface area (Å²) >= 11 is 0. The van der Waals surface area contributed by atoms with Gasteiger partial charge in [0.15, 0.2) is 0 Å². The Morgan fingerprint density at radius 1 is 0.308 bits per heavy atom. The van der Waals surface area contributed by atoms with Crippen LogP contribution in [0.1, 0.15) is 81.9 Å². The van der Waals surface area contributed by atoms with Crippen LogP contribution in [0.15, 0.2) is 397 Å². The molecule has 17 heterocycles. The van der Waals surface area contributed by atoms with Crippen LogP contribution in [0.25, 0.3) is 33.9 Å². The molecule has 2 radical (unpaired) electrons. The number of aromatic nitrogens is 8. The first-order chi connectivity index (χ1) is 69.1. The number of pyridine rings is 8. The van der Waals surface area contributed by atoms with Crippen molar-refractivity contribution in [3.63, 3.8) is 0 Å². The molecule has 29 heteroatoms. The van der Waals surface area contributed by atoms with Crippen molar-refractivity contribution in [1.29, 1.82) is 0 Å². The molecule has 0 N–H and O–H groups in total. The number of para-hydroxylation sites is 6. The first-order valence-electron chi connectivity index (χ1n) is 47.1. The second-order valence-corrected chi connectivity index (χ2v) is 33.3. The molecule has 0 fully saturated rings. The third-order valence-electron chi connectivity index (χ3n) is 21.2. The van der Waals surface area contributed by atoms with Crippen molar-refractivity contribution in [2.24, 2.45) is 0 Å². The molecule has 8 bridgehead atoms. The van der Waals surface area contributed by atoms with Crippen molar-refractivity contribution in [3.05, 3.63) is 515 Å². The van der Waals surface area contributed by atoms with Gasteiger partial charge in [0.2, 0.25) is 0 Å². The molecule has 0 aliphatic carbocycles. The molecule has 0 amide bonds. The van der Waals surface area contributed by atoms with Crippen molar-refractivity contribution in [2.45, 2.75) is 87.2 Å². The van der Waals surface area contributed by atoms with Gasteiger partial charge >= 0.3 is 39.9 Å². The van der Waals surface area contributed by atoms with Gasteiger partial charge in [-0.1, -0.05) is 117 Å². The van der Waals surface area contributed by atoms with Gasteiger partial charge in [0, 0.05) is 147 Å². The molecule has 23 rings (SSSR count). The summed E-state index contributed by atoms with van der Waals surface area (Å²) < 4.78 is 0. The van der Waals surface area contributed by atoms with Gasteiger partial charge in [-0.05, 0) is 262 Å². The summed E-state index contributed by atoms with van der Waals surface area (Å²) in [6.45, 7) is 33.5. The van der Waals surface area contributed by atoms with Crippen LogP contribution in [-0.2, 0) is 140 Å². The zero-order valence-corrected chi connectivity index (χ0v) is 94.4. The summed E-state index contributed by atoms with van der Waals surface area (Å²) in [6, 6.07) is 105. The standard InChI is InChI=1S/C20H20N6.C16H19N4.2C14H12N2.C13H15N5.C11H9N.2C10H8N2.C3H8.2C3H7.2Ir.Pd.Pt.Rh/c1-3-17-11-23-7-9-25(15-23)13-19-5-2-6-20(22-19)14-26-10-8-24(16-26)12-18(4-1)21-17;1-17-6-8-19(13-17)11-15-4-3-5-16(10-15)12-20-9-7-18(2)14-20;2*1-15-11-16(12-7-3-2-4-8-12)14-10-6-5-9-13(14)15;1-15-6-8-17(10-15)12-4-3-5-13(14-12)18-9-7-16(2)11-18;1-2-4-10(5-3-1)11-6-8-12-9-7-11;2*1-3-7-11-9(5-1)10-6-2-4-8-12-10;3*1-3-2;;;;;/h1-10,15-16H,11-14H2;3-9,13-14H,11-12H2,1-2H3;2*2-7,9-11H,1H3;3-11H,1-2H3;1-9H;2*1-8H;3H2,1-2H3;2*3H,1-2H3;;;;;/q-2;-3;3*-2;;;;;2*+1;;;+2;;+3. The molecule has 6 aromatic carbocycles. The maximum atomic E-state index is 4.82. The first-order valence-corrected chi connectivity index (χ1v) is 47.1. The predicted octanol–water partition coefficient (Wildman–Crippen LogP) is 23.8. The number of fused-ring (bicyclic) bond motifs is 10. The van der Waals surface area contributed by atoms with Gasteiger partial charge in [0.25, 0.3) is 0 Å². The van der Waals surface area contributed by atoms with Gasteiger partial charge in [-0.25, -0.2) is 4.98 Å². The molecule has 0 saturated carbocycles. The van der Waals surface area contributed by atoms with E-state index in [4.69, 9.17) is 9.97 Å². The summed E-state index contributed by atoms with van der Waals surface area (Å²) in [5, 5.41) is 0. The van der Waals surface area contributed by atoms with Crippen LogP contribution < -0.4 is 29.4 Å². The van der Waals surface area contributed by atoms with E-state index in [1.165, 1.54) is 51.4 Å². The monoisotopic (exact) mass is 2660 g/mol. The van der Waals surface area contributed by atoms with E-state index in [0.29, 0.717) is 0 Å². The zero-order chi connectivity index (χ0) is 98.5. The third-order valence-corrected chi connectivity index (χ3v) is 21.2. The van der Waals surface area contributed by atoms with Crippen LogP contribution in [0.3, 0.4) is 0 Å². The molecular weight excluding hydrogens is 2530 g/mol. The number of nitrogens with zero attached hydrogens (tertiary/aromatic N) is 24. The quantitative estimate of drug-likeness (QED) is 0.0889. The van der Waals surface area contributed by atoms with Gasteiger partial charge in [-0.2, -0.15) is 125 Å². The number of benzene rings is 6. The van der Waals surface area contributed by atoms with Crippen molar-refractivity contribution in [2.75, 3.05) is 71.7 Å². The van der Waals surface area contributed by atoms with Crippen molar-refractivity contribution in [1.82, 2.24) is 88.9 Å². The van der Waals surface area contributed by atoms with Crippen LogP contribution in [-0.4, -0.2) is 131 Å². The summed E-state index contributed by atoms with van der Waals surface area (Å²) in [5.74, 6) is 1.81. The first kappa shape index (κ1) is 118. The average Bonchev–Trinajstić information content (AvgIpc) is 1.65. The summed E-state index contributed by atoms with van der Waals surface area (Å²) in [5.41, 5.74) is 19.8. The van der Waals surface area contributed by atoms with E-state index < -0.39 is 0 Å². The van der Waals surface area contributed by atoms with E-state index in [2.05, 4.69) is 330 Å². The maximum Gasteiger partial charge on any atom is 3.00 e. The Morgan fingerprint density at radius 3 is 0.945 bits per heavy atom. The van der Waals surface area contributed by atoms with Gasteiger partial charge in [-0.15, -0.1) is 35.8 Å². The topological polar surface area (TPSA) is 155 Å². The largest absolute Gasteiger partial charge is 3.00 e. The van der Waals surface area contributed by atoms with E-state index in [0.717, 1.165) is 108 Å². The minimum atomic E-state index is 0.